The van der Waals surface area contributed by atoms with Gasteiger partial charge in [0, 0.05) is 10.4 Å². The highest BCUT2D eigenvalue weighted by Gasteiger charge is 2.11. The average Bonchev–Trinajstić information content (AvgIpc) is 2.96. The summed E-state index contributed by atoms with van der Waals surface area (Å²) in [6, 6.07) is 14.7. The van der Waals surface area contributed by atoms with Crippen molar-refractivity contribution in [2.75, 3.05) is 13.2 Å². The lowest BCUT2D eigenvalue weighted by molar-refractivity contribution is 0.0921. The van der Waals surface area contributed by atoms with E-state index in [1.54, 1.807) is 24.3 Å². The highest BCUT2D eigenvalue weighted by Crippen LogP contribution is 2.22. The standard InChI is InChI=1S/C18H16ClNO3/c1-12-2-5-15(6-3-12)22-9-8-20-18(21)17-11-13-10-14(19)4-7-16(13)23-17/h2-7,10-11H,8-9H2,1H3,(H,20,21). The fourth-order valence-electron chi connectivity index (χ4n) is 2.18. The van der Waals surface area contributed by atoms with Crippen LogP contribution < -0.4 is 10.1 Å². The monoisotopic (exact) mass is 329 g/mol. The van der Waals surface area contributed by atoms with E-state index < -0.39 is 0 Å². The molecule has 4 nitrogen and oxygen atoms in total. The van der Waals surface area contributed by atoms with Crippen LogP contribution in [0.2, 0.25) is 5.02 Å². The molecule has 1 amide bonds. The molecule has 0 spiro atoms. The number of furan rings is 1. The molecule has 0 radical (unpaired) electrons. The van der Waals surface area contributed by atoms with Crippen LogP contribution in [0.25, 0.3) is 11.0 Å². The SMILES string of the molecule is Cc1ccc(OCCNC(=O)c2cc3cc(Cl)ccc3o2)cc1. The van der Waals surface area contributed by atoms with Gasteiger partial charge in [-0.25, -0.2) is 0 Å². The molecular formula is C18H16ClNO3. The van der Waals surface area contributed by atoms with Gasteiger partial charge in [-0.1, -0.05) is 29.3 Å². The Bertz CT molecular complexity index is 824. The van der Waals surface area contributed by atoms with E-state index in [2.05, 4.69) is 5.32 Å². The van der Waals surface area contributed by atoms with Gasteiger partial charge in [0.1, 0.15) is 17.9 Å². The number of aryl methyl sites for hydroxylation is 1. The van der Waals surface area contributed by atoms with Crippen molar-refractivity contribution in [3.8, 4) is 5.75 Å². The van der Waals surface area contributed by atoms with E-state index >= 15 is 0 Å². The van der Waals surface area contributed by atoms with Gasteiger partial charge < -0.3 is 14.5 Å². The number of carbonyl (C=O) groups is 1. The van der Waals surface area contributed by atoms with Gasteiger partial charge in [0.05, 0.1) is 6.54 Å². The van der Waals surface area contributed by atoms with Gasteiger partial charge in [0.2, 0.25) is 0 Å². The Kier molecular flexibility index (Phi) is 4.53. The van der Waals surface area contributed by atoms with Gasteiger partial charge in [-0.15, -0.1) is 0 Å². The number of rotatable bonds is 5. The van der Waals surface area contributed by atoms with E-state index in [9.17, 15) is 4.79 Å². The zero-order valence-corrected chi connectivity index (χ0v) is 13.4. The lowest BCUT2D eigenvalue weighted by Gasteiger charge is -2.07. The maximum Gasteiger partial charge on any atom is 0.287 e. The summed E-state index contributed by atoms with van der Waals surface area (Å²) < 4.78 is 11.1. The third-order valence-corrected chi connectivity index (χ3v) is 3.61. The first-order valence-electron chi connectivity index (χ1n) is 7.28. The number of nitrogens with one attached hydrogen (secondary N) is 1. The fraction of sp³-hybridized carbons (Fsp3) is 0.167. The Morgan fingerprint density at radius 3 is 2.74 bits per heavy atom. The minimum Gasteiger partial charge on any atom is -0.492 e. The summed E-state index contributed by atoms with van der Waals surface area (Å²) in [4.78, 5) is 12.1. The molecule has 3 rings (SSSR count). The second-order valence-corrected chi connectivity index (χ2v) is 5.65. The van der Waals surface area contributed by atoms with Crippen molar-refractivity contribution in [2.24, 2.45) is 0 Å². The molecule has 3 aromatic rings. The molecule has 23 heavy (non-hydrogen) atoms. The molecule has 0 aliphatic carbocycles. The number of halogens is 1. The van der Waals surface area contributed by atoms with Crippen molar-refractivity contribution in [1.82, 2.24) is 5.32 Å². The van der Waals surface area contributed by atoms with E-state index in [0.717, 1.165) is 11.1 Å². The zero-order chi connectivity index (χ0) is 16.2. The van der Waals surface area contributed by atoms with Gasteiger partial charge in [-0.05, 0) is 43.3 Å². The van der Waals surface area contributed by atoms with E-state index in [1.807, 2.05) is 31.2 Å². The van der Waals surface area contributed by atoms with Gasteiger partial charge in [-0.3, -0.25) is 4.79 Å². The third-order valence-electron chi connectivity index (χ3n) is 3.38. The Labute approximate surface area is 139 Å². The first-order valence-corrected chi connectivity index (χ1v) is 7.66. The van der Waals surface area contributed by atoms with Crippen LogP contribution in [0.4, 0.5) is 0 Å². The molecule has 0 bridgehead atoms. The predicted octanol–water partition coefficient (Wildman–Crippen LogP) is 4.20. The predicted molar refractivity (Wildman–Crippen MR) is 90.2 cm³/mol. The van der Waals surface area contributed by atoms with Crippen LogP contribution in [-0.2, 0) is 0 Å². The molecule has 0 saturated carbocycles. The molecule has 118 valence electrons. The van der Waals surface area contributed by atoms with Crippen LogP contribution in [0.3, 0.4) is 0 Å². The Morgan fingerprint density at radius 1 is 1.17 bits per heavy atom. The normalized spacial score (nSPS) is 10.7. The molecule has 1 aromatic heterocycles. The van der Waals surface area contributed by atoms with Crippen LogP contribution >= 0.6 is 11.6 Å². The van der Waals surface area contributed by atoms with Crippen molar-refractivity contribution in [2.45, 2.75) is 6.92 Å². The molecule has 0 aliphatic heterocycles. The molecule has 0 aliphatic rings. The summed E-state index contributed by atoms with van der Waals surface area (Å²) in [5, 5.41) is 4.18. The van der Waals surface area contributed by atoms with Gasteiger partial charge in [0.25, 0.3) is 5.91 Å². The largest absolute Gasteiger partial charge is 0.492 e. The fourth-order valence-corrected chi connectivity index (χ4v) is 2.36. The summed E-state index contributed by atoms with van der Waals surface area (Å²) in [5.74, 6) is 0.769. The van der Waals surface area contributed by atoms with Crippen molar-refractivity contribution < 1.29 is 13.9 Å². The molecular weight excluding hydrogens is 314 g/mol. The molecule has 5 heteroatoms. The number of ether oxygens (including phenoxy) is 1. The third kappa shape index (κ3) is 3.85. The van der Waals surface area contributed by atoms with E-state index in [4.69, 9.17) is 20.8 Å². The average molecular weight is 330 g/mol. The number of amides is 1. The van der Waals surface area contributed by atoms with Crippen LogP contribution in [0.15, 0.2) is 52.9 Å². The highest BCUT2D eigenvalue weighted by atomic mass is 35.5. The molecule has 0 atom stereocenters. The van der Waals surface area contributed by atoms with E-state index in [-0.39, 0.29) is 11.7 Å². The maximum atomic E-state index is 12.1. The summed E-state index contributed by atoms with van der Waals surface area (Å²) in [6.45, 7) is 2.80. The van der Waals surface area contributed by atoms with Crippen molar-refractivity contribution in [3.05, 3.63) is 64.9 Å². The van der Waals surface area contributed by atoms with Crippen molar-refractivity contribution in [1.29, 1.82) is 0 Å². The number of fused-ring (bicyclic) bond motifs is 1. The summed E-state index contributed by atoms with van der Waals surface area (Å²) in [6.07, 6.45) is 0. The van der Waals surface area contributed by atoms with Crippen LogP contribution in [0.5, 0.6) is 5.75 Å². The number of hydrogen-bond donors (Lipinski definition) is 1. The first kappa shape index (κ1) is 15.4. The van der Waals surface area contributed by atoms with Crippen LogP contribution in [0.1, 0.15) is 16.1 Å². The number of hydrogen-bond acceptors (Lipinski definition) is 3. The number of benzene rings is 2. The van der Waals surface area contributed by atoms with E-state index in [0.29, 0.717) is 23.8 Å². The lowest BCUT2D eigenvalue weighted by Crippen LogP contribution is -2.27. The van der Waals surface area contributed by atoms with Crippen molar-refractivity contribution in [3.63, 3.8) is 0 Å². The van der Waals surface area contributed by atoms with Crippen LogP contribution in [-0.4, -0.2) is 19.1 Å². The number of carbonyl (C=O) groups excluding carboxylic acids is 1. The van der Waals surface area contributed by atoms with Gasteiger partial charge in [-0.2, -0.15) is 0 Å². The Hall–Kier alpha value is -2.46. The zero-order valence-electron chi connectivity index (χ0n) is 12.6. The van der Waals surface area contributed by atoms with Crippen molar-refractivity contribution >= 4 is 28.5 Å². The second-order valence-electron chi connectivity index (χ2n) is 5.21. The van der Waals surface area contributed by atoms with E-state index in [1.165, 1.54) is 5.56 Å². The highest BCUT2D eigenvalue weighted by molar-refractivity contribution is 6.31. The molecule has 0 saturated heterocycles. The quantitative estimate of drug-likeness (QED) is 0.714. The van der Waals surface area contributed by atoms with Gasteiger partial charge in [0.15, 0.2) is 5.76 Å². The topological polar surface area (TPSA) is 51.5 Å². The second kappa shape index (κ2) is 6.75. The summed E-state index contributed by atoms with van der Waals surface area (Å²) in [7, 11) is 0. The summed E-state index contributed by atoms with van der Waals surface area (Å²) >= 11 is 5.92. The minimum absolute atomic E-state index is 0.262. The molecule has 1 N–H and O–H groups in total. The Morgan fingerprint density at radius 2 is 1.96 bits per heavy atom. The molecule has 2 aromatic carbocycles. The Balaban J connectivity index is 1.53. The van der Waals surface area contributed by atoms with Crippen LogP contribution in [0, 0.1) is 6.92 Å². The molecule has 1 heterocycles. The lowest BCUT2D eigenvalue weighted by atomic mass is 10.2. The molecule has 0 unspecified atom stereocenters. The minimum atomic E-state index is -0.273. The summed E-state index contributed by atoms with van der Waals surface area (Å²) in [5.41, 5.74) is 1.81. The first-order chi connectivity index (χ1) is 11.1. The maximum absolute atomic E-state index is 12.1. The smallest absolute Gasteiger partial charge is 0.287 e. The molecule has 0 fully saturated rings. The van der Waals surface area contributed by atoms with Gasteiger partial charge >= 0.3 is 0 Å².